The molecule has 2 aromatic carbocycles. The first-order valence-corrected chi connectivity index (χ1v) is 9.67. The fourth-order valence-electron chi connectivity index (χ4n) is 3.12. The Balaban J connectivity index is 1.80. The molecule has 0 aliphatic heterocycles. The number of halogens is 3. The Morgan fingerprint density at radius 1 is 1.03 bits per heavy atom. The zero-order valence-electron chi connectivity index (χ0n) is 16.4. The molecule has 2 amide bonds. The zero-order chi connectivity index (χ0) is 21.8. The minimum absolute atomic E-state index is 0.00841. The SMILES string of the molecule is CC(C)c1cccnc1CC(=O)NC(=O)c1cc(Cl)c(-c2ccccc2F)cc1F. The molecule has 0 spiro atoms. The highest BCUT2D eigenvalue weighted by molar-refractivity contribution is 6.33. The van der Waals surface area contributed by atoms with E-state index >= 15 is 0 Å². The van der Waals surface area contributed by atoms with E-state index < -0.39 is 29.0 Å². The van der Waals surface area contributed by atoms with Gasteiger partial charge in [-0.3, -0.25) is 19.9 Å². The summed E-state index contributed by atoms with van der Waals surface area (Å²) in [4.78, 5) is 29.0. The lowest BCUT2D eigenvalue weighted by molar-refractivity contribution is -0.119. The molecule has 0 saturated heterocycles. The van der Waals surface area contributed by atoms with Gasteiger partial charge < -0.3 is 0 Å². The van der Waals surface area contributed by atoms with Crippen molar-refractivity contribution in [2.75, 3.05) is 0 Å². The Morgan fingerprint density at radius 2 is 1.77 bits per heavy atom. The predicted octanol–water partition coefficient (Wildman–Crippen LogP) is 5.30. The first kappa shape index (κ1) is 21.6. The highest BCUT2D eigenvalue weighted by atomic mass is 35.5. The van der Waals surface area contributed by atoms with E-state index in [9.17, 15) is 18.4 Å². The van der Waals surface area contributed by atoms with Crippen molar-refractivity contribution < 1.29 is 18.4 Å². The zero-order valence-corrected chi connectivity index (χ0v) is 17.1. The minimum Gasteiger partial charge on any atom is -0.292 e. The number of imide groups is 1. The van der Waals surface area contributed by atoms with Gasteiger partial charge in [0.1, 0.15) is 11.6 Å². The first-order valence-electron chi connectivity index (χ1n) is 9.29. The molecule has 154 valence electrons. The number of amides is 2. The van der Waals surface area contributed by atoms with Crippen molar-refractivity contribution in [1.29, 1.82) is 0 Å². The molecule has 0 aliphatic rings. The van der Waals surface area contributed by atoms with Crippen molar-refractivity contribution in [1.82, 2.24) is 10.3 Å². The monoisotopic (exact) mass is 428 g/mol. The summed E-state index contributed by atoms with van der Waals surface area (Å²) in [5, 5.41) is 2.15. The van der Waals surface area contributed by atoms with Crippen molar-refractivity contribution in [2.24, 2.45) is 0 Å². The number of hydrogen-bond donors (Lipinski definition) is 1. The van der Waals surface area contributed by atoms with Gasteiger partial charge in [-0.05, 0) is 35.7 Å². The number of rotatable bonds is 5. The molecule has 0 saturated carbocycles. The summed E-state index contributed by atoms with van der Waals surface area (Å²) in [5.74, 6) is -2.87. The summed E-state index contributed by atoms with van der Waals surface area (Å²) < 4.78 is 28.6. The molecule has 30 heavy (non-hydrogen) atoms. The lowest BCUT2D eigenvalue weighted by atomic mass is 9.99. The normalized spacial score (nSPS) is 10.9. The van der Waals surface area contributed by atoms with Crippen molar-refractivity contribution in [3.8, 4) is 11.1 Å². The van der Waals surface area contributed by atoms with Crippen LogP contribution in [0.4, 0.5) is 8.78 Å². The third kappa shape index (κ3) is 4.71. The number of benzene rings is 2. The molecule has 4 nitrogen and oxygen atoms in total. The number of pyridine rings is 1. The topological polar surface area (TPSA) is 59.1 Å². The van der Waals surface area contributed by atoms with E-state index in [-0.39, 0.29) is 28.5 Å². The summed E-state index contributed by atoms with van der Waals surface area (Å²) in [5.41, 5.74) is 1.26. The number of aromatic nitrogens is 1. The van der Waals surface area contributed by atoms with Crippen LogP contribution in [0.15, 0.2) is 54.7 Å². The second-order valence-corrected chi connectivity index (χ2v) is 7.45. The molecule has 7 heteroatoms. The molecule has 0 bridgehead atoms. The van der Waals surface area contributed by atoms with Gasteiger partial charge in [0.15, 0.2) is 0 Å². The van der Waals surface area contributed by atoms with Crippen molar-refractivity contribution in [3.63, 3.8) is 0 Å². The average Bonchev–Trinajstić information content (AvgIpc) is 2.70. The van der Waals surface area contributed by atoms with Gasteiger partial charge >= 0.3 is 0 Å². The van der Waals surface area contributed by atoms with Gasteiger partial charge in [0, 0.05) is 22.3 Å². The first-order chi connectivity index (χ1) is 14.3. The van der Waals surface area contributed by atoms with E-state index in [1.165, 1.54) is 18.2 Å². The minimum atomic E-state index is -0.929. The fourth-order valence-corrected chi connectivity index (χ4v) is 3.39. The van der Waals surface area contributed by atoms with Crippen LogP contribution in [0.25, 0.3) is 11.1 Å². The predicted molar refractivity (Wildman–Crippen MR) is 111 cm³/mol. The highest BCUT2D eigenvalue weighted by Crippen LogP contribution is 2.32. The molecule has 1 aromatic heterocycles. The van der Waals surface area contributed by atoms with Crippen LogP contribution in [-0.2, 0) is 11.2 Å². The van der Waals surface area contributed by atoms with Crippen LogP contribution in [-0.4, -0.2) is 16.8 Å². The Labute approximate surface area is 177 Å². The fraction of sp³-hybridized carbons (Fsp3) is 0.174. The quantitative estimate of drug-likeness (QED) is 0.599. The number of nitrogens with one attached hydrogen (secondary N) is 1. The molecule has 0 radical (unpaired) electrons. The maximum Gasteiger partial charge on any atom is 0.260 e. The molecule has 3 aromatic rings. The summed E-state index contributed by atoms with van der Waals surface area (Å²) >= 11 is 6.17. The van der Waals surface area contributed by atoms with Crippen LogP contribution >= 0.6 is 11.6 Å². The van der Waals surface area contributed by atoms with Gasteiger partial charge in [0.25, 0.3) is 5.91 Å². The van der Waals surface area contributed by atoms with E-state index in [0.29, 0.717) is 5.69 Å². The van der Waals surface area contributed by atoms with Crippen LogP contribution in [0.2, 0.25) is 5.02 Å². The van der Waals surface area contributed by atoms with Crippen LogP contribution in [0.1, 0.15) is 41.4 Å². The van der Waals surface area contributed by atoms with Gasteiger partial charge in [-0.1, -0.05) is 49.7 Å². The molecule has 1 N–H and O–H groups in total. The largest absolute Gasteiger partial charge is 0.292 e. The van der Waals surface area contributed by atoms with Crippen LogP contribution in [0.5, 0.6) is 0 Å². The van der Waals surface area contributed by atoms with Gasteiger partial charge in [-0.2, -0.15) is 0 Å². The maximum atomic E-state index is 14.6. The molecule has 0 atom stereocenters. The lowest BCUT2D eigenvalue weighted by Gasteiger charge is -2.12. The van der Waals surface area contributed by atoms with E-state index in [0.717, 1.165) is 17.7 Å². The number of carbonyl (C=O) groups excluding carboxylic acids is 2. The van der Waals surface area contributed by atoms with E-state index in [2.05, 4.69) is 10.3 Å². The number of hydrogen-bond acceptors (Lipinski definition) is 3. The molecule has 0 aliphatic carbocycles. The average molecular weight is 429 g/mol. The number of carbonyl (C=O) groups is 2. The molecular formula is C23H19ClF2N2O2. The van der Waals surface area contributed by atoms with E-state index in [1.54, 1.807) is 18.3 Å². The Morgan fingerprint density at radius 3 is 2.47 bits per heavy atom. The lowest BCUT2D eigenvalue weighted by Crippen LogP contribution is -2.32. The third-order valence-corrected chi connectivity index (χ3v) is 4.91. The van der Waals surface area contributed by atoms with Crippen LogP contribution < -0.4 is 5.32 Å². The summed E-state index contributed by atoms with van der Waals surface area (Å²) in [7, 11) is 0. The van der Waals surface area contributed by atoms with Crippen molar-refractivity contribution >= 4 is 23.4 Å². The van der Waals surface area contributed by atoms with Gasteiger partial charge in [-0.25, -0.2) is 8.78 Å². The van der Waals surface area contributed by atoms with E-state index in [1.807, 2.05) is 19.9 Å². The van der Waals surface area contributed by atoms with E-state index in [4.69, 9.17) is 11.6 Å². The smallest absolute Gasteiger partial charge is 0.260 e. The molecule has 3 rings (SSSR count). The second-order valence-electron chi connectivity index (χ2n) is 7.04. The summed E-state index contributed by atoms with van der Waals surface area (Å²) in [6.45, 7) is 3.94. The molecule has 1 heterocycles. The van der Waals surface area contributed by atoms with Crippen molar-refractivity contribution in [3.05, 3.63) is 88.2 Å². The highest BCUT2D eigenvalue weighted by Gasteiger charge is 2.20. The molecule has 0 unspecified atom stereocenters. The standard InChI is InChI=1S/C23H19ClF2N2O2/c1-13(2)14-7-5-9-27-21(14)12-22(29)28-23(30)17-10-18(24)16(11-20(17)26)15-6-3-4-8-19(15)25/h3-11,13H,12H2,1-2H3,(H,28,29,30). The molecular weight excluding hydrogens is 410 g/mol. The Hall–Kier alpha value is -3.12. The van der Waals surface area contributed by atoms with Crippen LogP contribution in [0.3, 0.4) is 0 Å². The van der Waals surface area contributed by atoms with Crippen LogP contribution in [0, 0.1) is 11.6 Å². The van der Waals surface area contributed by atoms with Gasteiger partial charge in [0.05, 0.1) is 17.7 Å². The molecule has 0 fully saturated rings. The van der Waals surface area contributed by atoms with Crippen molar-refractivity contribution in [2.45, 2.75) is 26.2 Å². The third-order valence-electron chi connectivity index (χ3n) is 4.59. The Bertz CT molecular complexity index is 1120. The number of nitrogens with zero attached hydrogens (tertiary/aromatic N) is 1. The summed E-state index contributed by atoms with van der Waals surface area (Å²) in [6.07, 6.45) is 1.44. The maximum absolute atomic E-state index is 14.6. The Kier molecular flexibility index (Phi) is 6.57. The summed E-state index contributed by atoms with van der Waals surface area (Å²) in [6, 6.07) is 11.5. The van der Waals surface area contributed by atoms with Gasteiger partial charge in [-0.15, -0.1) is 0 Å². The van der Waals surface area contributed by atoms with Gasteiger partial charge in [0.2, 0.25) is 5.91 Å². The second kappa shape index (κ2) is 9.13.